The molecule has 0 aliphatic heterocycles. The molecule has 1 heterocycles. The van der Waals surface area contributed by atoms with E-state index in [1.165, 1.54) is 0 Å². The number of nitrogens with one attached hydrogen (secondary N) is 1. The van der Waals surface area contributed by atoms with Crippen molar-refractivity contribution in [2.24, 2.45) is 0 Å². The first-order chi connectivity index (χ1) is 9.24. The van der Waals surface area contributed by atoms with Crippen LogP contribution in [0.1, 0.15) is 18.8 Å². The minimum absolute atomic E-state index is 0.0499. The number of imidazole rings is 1. The van der Waals surface area contributed by atoms with Gasteiger partial charge in [-0.15, -0.1) is 0 Å². The Morgan fingerprint density at radius 2 is 2.32 bits per heavy atom. The molecule has 0 aliphatic rings. The first-order valence-electron chi connectivity index (χ1n) is 6.31. The number of nitrogens with zero attached hydrogens (tertiary/aromatic N) is 2. The third kappa shape index (κ3) is 3.49. The Hall–Kier alpha value is -1.52. The Morgan fingerprint density at radius 3 is 3.00 bits per heavy atom. The molecule has 1 aromatic heterocycles. The van der Waals surface area contributed by atoms with Crippen molar-refractivity contribution in [3.63, 3.8) is 0 Å². The van der Waals surface area contributed by atoms with Crippen molar-refractivity contribution in [3.8, 4) is 5.75 Å². The van der Waals surface area contributed by atoms with Crippen LogP contribution in [0.15, 0.2) is 36.7 Å². The first kappa shape index (κ1) is 13.9. The van der Waals surface area contributed by atoms with Gasteiger partial charge in [0.2, 0.25) is 0 Å². The van der Waals surface area contributed by atoms with E-state index in [-0.39, 0.29) is 6.04 Å². The number of hydrogen-bond donors (Lipinski definition) is 1. The van der Waals surface area contributed by atoms with Gasteiger partial charge in [-0.05, 0) is 32.2 Å². The van der Waals surface area contributed by atoms with Crippen molar-refractivity contribution in [1.82, 2.24) is 14.9 Å². The minimum Gasteiger partial charge on any atom is -0.491 e. The zero-order chi connectivity index (χ0) is 13.7. The molecule has 0 spiro atoms. The minimum atomic E-state index is 0.0499. The van der Waals surface area contributed by atoms with Gasteiger partial charge in [-0.1, -0.05) is 17.7 Å². The van der Waals surface area contributed by atoms with Crippen LogP contribution in [0.25, 0.3) is 0 Å². The van der Waals surface area contributed by atoms with Gasteiger partial charge in [0.05, 0.1) is 0 Å². The molecule has 4 nitrogen and oxygen atoms in total. The number of likely N-dealkylation sites (N-methyl/N-ethyl adjacent to an activating group) is 1. The summed E-state index contributed by atoms with van der Waals surface area (Å²) in [6.07, 6.45) is 3.78. The van der Waals surface area contributed by atoms with Crippen molar-refractivity contribution in [3.05, 3.63) is 47.5 Å². The summed E-state index contributed by atoms with van der Waals surface area (Å²) in [4.78, 5) is 4.38. The van der Waals surface area contributed by atoms with Gasteiger partial charge in [-0.3, -0.25) is 0 Å². The van der Waals surface area contributed by atoms with Crippen LogP contribution in [0.4, 0.5) is 0 Å². The highest BCUT2D eigenvalue weighted by Crippen LogP contribution is 2.19. The lowest BCUT2D eigenvalue weighted by atomic mass is 10.3. The number of halogens is 1. The standard InChI is InChI=1S/C14H18ClN3O/c1-3-18-8-7-17-14(18)13(16-2)10-19-12-6-4-5-11(15)9-12/h4-9,13,16H,3,10H2,1-2H3. The predicted octanol–water partition coefficient (Wildman–Crippen LogP) is 2.90. The highest BCUT2D eigenvalue weighted by atomic mass is 35.5. The zero-order valence-corrected chi connectivity index (χ0v) is 11.9. The van der Waals surface area contributed by atoms with Gasteiger partial charge in [-0.2, -0.15) is 0 Å². The molecule has 102 valence electrons. The fraction of sp³-hybridized carbons (Fsp3) is 0.357. The number of rotatable bonds is 6. The Balaban J connectivity index is 2.04. The Morgan fingerprint density at radius 1 is 1.47 bits per heavy atom. The fourth-order valence-corrected chi connectivity index (χ4v) is 2.10. The van der Waals surface area contributed by atoms with Gasteiger partial charge < -0.3 is 14.6 Å². The van der Waals surface area contributed by atoms with Gasteiger partial charge in [0.1, 0.15) is 24.2 Å². The van der Waals surface area contributed by atoms with E-state index < -0.39 is 0 Å². The van der Waals surface area contributed by atoms with E-state index in [2.05, 4.69) is 21.8 Å². The molecule has 2 rings (SSSR count). The van der Waals surface area contributed by atoms with Gasteiger partial charge in [0.25, 0.3) is 0 Å². The molecule has 2 aromatic rings. The summed E-state index contributed by atoms with van der Waals surface area (Å²) >= 11 is 5.93. The maximum absolute atomic E-state index is 5.93. The number of aryl methyl sites for hydroxylation is 1. The summed E-state index contributed by atoms with van der Waals surface area (Å²) in [6, 6.07) is 7.45. The fourth-order valence-electron chi connectivity index (χ4n) is 1.92. The molecule has 5 heteroatoms. The molecule has 0 fully saturated rings. The third-order valence-electron chi connectivity index (χ3n) is 2.96. The Labute approximate surface area is 118 Å². The van der Waals surface area contributed by atoms with Crippen LogP contribution in [0.2, 0.25) is 5.02 Å². The summed E-state index contributed by atoms with van der Waals surface area (Å²) in [7, 11) is 1.90. The first-order valence-corrected chi connectivity index (χ1v) is 6.69. The molecule has 1 unspecified atom stereocenters. The molecule has 0 aliphatic carbocycles. The van der Waals surface area contributed by atoms with Crippen LogP contribution >= 0.6 is 11.6 Å². The molecule has 0 amide bonds. The molecule has 0 saturated heterocycles. The number of benzene rings is 1. The second-order valence-electron chi connectivity index (χ2n) is 4.18. The van der Waals surface area contributed by atoms with Crippen LogP contribution in [-0.4, -0.2) is 23.2 Å². The summed E-state index contributed by atoms with van der Waals surface area (Å²) in [6.45, 7) is 3.49. The van der Waals surface area contributed by atoms with Gasteiger partial charge in [-0.25, -0.2) is 4.98 Å². The van der Waals surface area contributed by atoms with E-state index >= 15 is 0 Å². The molecular formula is C14H18ClN3O. The van der Waals surface area contributed by atoms with E-state index in [1.54, 1.807) is 6.07 Å². The average Bonchev–Trinajstić information content (AvgIpc) is 2.88. The number of ether oxygens (including phenoxy) is 1. The molecule has 0 bridgehead atoms. The van der Waals surface area contributed by atoms with Crippen molar-refractivity contribution >= 4 is 11.6 Å². The van der Waals surface area contributed by atoms with Crippen LogP contribution in [0.3, 0.4) is 0 Å². The van der Waals surface area contributed by atoms with Gasteiger partial charge in [0.15, 0.2) is 0 Å². The summed E-state index contributed by atoms with van der Waals surface area (Å²) in [5.74, 6) is 1.74. The van der Waals surface area contributed by atoms with Crippen molar-refractivity contribution in [2.45, 2.75) is 19.5 Å². The highest BCUT2D eigenvalue weighted by Gasteiger charge is 2.15. The van der Waals surface area contributed by atoms with Gasteiger partial charge >= 0.3 is 0 Å². The number of aromatic nitrogens is 2. The monoisotopic (exact) mass is 279 g/mol. The summed E-state index contributed by atoms with van der Waals surface area (Å²) in [5.41, 5.74) is 0. The van der Waals surface area contributed by atoms with Crippen LogP contribution < -0.4 is 10.1 Å². The second kappa shape index (κ2) is 6.59. The molecule has 1 atom stereocenters. The lowest BCUT2D eigenvalue weighted by Gasteiger charge is -2.17. The largest absolute Gasteiger partial charge is 0.491 e. The Bertz CT molecular complexity index is 527. The van der Waals surface area contributed by atoms with Gasteiger partial charge in [0, 0.05) is 24.0 Å². The van der Waals surface area contributed by atoms with Crippen LogP contribution in [0, 0.1) is 0 Å². The van der Waals surface area contributed by atoms with Crippen molar-refractivity contribution in [1.29, 1.82) is 0 Å². The summed E-state index contributed by atoms with van der Waals surface area (Å²) in [5, 5.41) is 3.90. The maximum Gasteiger partial charge on any atom is 0.129 e. The smallest absolute Gasteiger partial charge is 0.129 e. The highest BCUT2D eigenvalue weighted by molar-refractivity contribution is 6.30. The second-order valence-corrected chi connectivity index (χ2v) is 4.62. The van der Waals surface area contributed by atoms with E-state index in [4.69, 9.17) is 16.3 Å². The van der Waals surface area contributed by atoms with E-state index in [0.717, 1.165) is 18.1 Å². The molecular weight excluding hydrogens is 262 g/mol. The van der Waals surface area contributed by atoms with Crippen molar-refractivity contribution < 1.29 is 4.74 Å². The SMILES string of the molecule is CCn1ccnc1C(COc1cccc(Cl)c1)NC. The van der Waals surface area contributed by atoms with E-state index in [9.17, 15) is 0 Å². The predicted molar refractivity (Wildman–Crippen MR) is 76.6 cm³/mol. The van der Waals surface area contributed by atoms with E-state index in [1.807, 2.05) is 37.6 Å². The lowest BCUT2D eigenvalue weighted by molar-refractivity contribution is 0.264. The zero-order valence-electron chi connectivity index (χ0n) is 11.1. The topological polar surface area (TPSA) is 39.1 Å². The molecule has 0 saturated carbocycles. The number of hydrogen-bond acceptors (Lipinski definition) is 3. The molecule has 1 aromatic carbocycles. The molecule has 0 radical (unpaired) electrons. The molecule has 1 N–H and O–H groups in total. The third-order valence-corrected chi connectivity index (χ3v) is 3.20. The van der Waals surface area contributed by atoms with Crippen LogP contribution in [0.5, 0.6) is 5.75 Å². The van der Waals surface area contributed by atoms with E-state index in [0.29, 0.717) is 11.6 Å². The quantitative estimate of drug-likeness (QED) is 0.884. The molecule has 19 heavy (non-hydrogen) atoms. The van der Waals surface area contributed by atoms with Crippen molar-refractivity contribution in [2.75, 3.05) is 13.7 Å². The lowest BCUT2D eigenvalue weighted by Crippen LogP contribution is -2.26. The normalized spacial score (nSPS) is 12.4. The average molecular weight is 280 g/mol. The Kier molecular flexibility index (Phi) is 4.82. The maximum atomic E-state index is 5.93. The summed E-state index contributed by atoms with van der Waals surface area (Å²) < 4.78 is 7.86. The van der Waals surface area contributed by atoms with Crippen LogP contribution in [-0.2, 0) is 6.54 Å².